The van der Waals surface area contributed by atoms with Crippen LogP contribution in [0.25, 0.3) is 27.9 Å². The van der Waals surface area contributed by atoms with Crippen molar-refractivity contribution in [1.29, 1.82) is 0 Å². The van der Waals surface area contributed by atoms with Crippen LogP contribution in [0.5, 0.6) is 0 Å². The fourth-order valence-corrected chi connectivity index (χ4v) is 2.44. The summed E-state index contributed by atoms with van der Waals surface area (Å²) in [5, 5.41) is 0. The van der Waals surface area contributed by atoms with Crippen molar-refractivity contribution in [2.24, 2.45) is 0 Å². The molecule has 0 saturated carbocycles. The molecule has 0 amide bonds. The van der Waals surface area contributed by atoms with Crippen LogP contribution in [-0.4, -0.2) is 19.5 Å². The lowest BCUT2D eigenvalue weighted by molar-refractivity contribution is 0.988. The summed E-state index contributed by atoms with van der Waals surface area (Å²) in [4.78, 5) is 13.8. The summed E-state index contributed by atoms with van der Waals surface area (Å²) in [6, 6.07) is 15.9. The Balaban J connectivity index is 2.04. The molecule has 0 fully saturated rings. The highest BCUT2D eigenvalue weighted by molar-refractivity contribution is 5.79. The van der Waals surface area contributed by atoms with Gasteiger partial charge in [-0.25, -0.2) is 15.0 Å². The molecule has 0 aliphatic rings. The minimum absolute atomic E-state index is 0.831. The third-order valence-electron chi connectivity index (χ3n) is 3.40. The predicted octanol–water partition coefficient (Wildman–Crippen LogP) is 3.28. The molecule has 0 spiro atoms. The molecule has 2 aromatic carbocycles. The van der Waals surface area contributed by atoms with Crippen molar-refractivity contribution < 1.29 is 0 Å². The van der Waals surface area contributed by atoms with Crippen molar-refractivity contribution in [3.05, 3.63) is 60.6 Å². The average Bonchev–Trinajstić information content (AvgIpc) is 2.90. The van der Waals surface area contributed by atoms with Gasteiger partial charge in [-0.3, -0.25) is 4.57 Å². The van der Waals surface area contributed by atoms with E-state index < -0.39 is 0 Å². The van der Waals surface area contributed by atoms with E-state index >= 15 is 0 Å². The zero-order chi connectivity index (χ0) is 13.5. The lowest BCUT2D eigenvalue weighted by Crippen LogP contribution is -2.02. The number of imidazole rings is 1. The van der Waals surface area contributed by atoms with Crippen LogP contribution in [-0.2, 0) is 0 Å². The highest BCUT2D eigenvalue weighted by Crippen LogP contribution is 2.20. The van der Waals surface area contributed by atoms with Gasteiger partial charge in [0.25, 0.3) is 0 Å². The molecular weight excluding hydrogens is 248 g/mol. The van der Waals surface area contributed by atoms with Gasteiger partial charge in [0.2, 0.25) is 0 Å². The molecule has 0 aliphatic heterocycles. The summed E-state index contributed by atoms with van der Waals surface area (Å²) in [6.07, 6.45) is 1.80. The first kappa shape index (κ1) is 11.1. The van der Waals surface area contributed by atoms with Gasteiger partial charge in [0, 0.05) is 0 Å². The molecule has 0 aliphatic carbocycles. The number of aromatic nitrogens is 4. The van der Waals surface area contributed by atoms with Gasteiger partial charge < -0.3 is 0 Å². The Labute approximate surface area is 115 Å². The van der Waals surface area contributed by atoms with Gasteiger partial charge >= 0.3 is 0 Å². The molecule has 4 heteroatoms. The van der Waals surface area contributed by atoms with E-state index in [4.69, 9.17) is 4.98 Å². The molecule has 2 aromatic heterocycles. The van der Waals surface area contributed by atoms with Crippen molar-refractivity contribution >= 4 is 22.1 Å². The normalized spacial score (nSPS) is 11.2. The summed E-state index contributed by atoms with van der Waals surface area (Å²) in [5.41, 5.74) is 4.71. The van der Waals surface area contributed by atoms with E-state index in [9.17, 15) is 0 Å². The second-order valence-electron chi connectivity index (χ2n) is 4.72. The molecule has 0 radical (unpaired) electrons. The Morgan fingerprint density at radius 1 is 0.800 bits per heavy atom. The zero-order valence-corrected chi connectivity index (χ0v) is 11.0. The Hall–Kier alpha value is -2.75. The summed E-state index contributed by atoms with van der Waals surface area (Å²) in [7, 11) is 0. The van der Waals surface area contributed by atoms with Crippen LogP contribution in [0.2, 0.25) is 0 Å². The first-order valence-corrected chi connectivity index (χ1v) is 6.49. The average molecular weight is 260 g/mol. The Morgan fingerprint density at radius 2 is 1.45 bits per heavy atom. The molecular formula is C16H12N4. The fourth-order valence-electron chi connectivity index (χ4n) is 2.44. The van der Waals surface area contributed by atoms with Crippen molar-refractivity contribution in [3.8, 4) is 5.82 Å². The van der Waals surface area contributed by atoms with Crippen molar-refractivity contribution in [2.75, 3.05) is 0 Å². The van der Waals surface area contributed by atoms with Crippen LogP contribution in [0.15, 0.2) is 54.9 Å². The van der Waals surface area contributed by atoms with Crippen LogP contribution >= 0.6 is 0 Å². The SMILES string of the molecule is Cc1nc2ccccc2nc1-n1cnc2ccccc21. The van der Waals surface area contributed by atoms with Crippen LogP contribution in [0.1, 0.15) is 5.69 Å². The molecule has 0 atom stereocenters. The van der Waals surface area contributed by atoms with Crippen LogP contribution in [0.4, 0.5) is 0 Å². The van der Waals surface area contributed by atoms with Crippen LogP contribution in [0.3, 0.4) is 0 Å². The Morgan fingerprint density at radius 3 is 2.25 bits per heavy atom. The van der Waals surface area contributed by atoms with Gasteiger partial charge in [0.05, 0.1) is 27.8 Å². The zero-order valence-electron chi connectivity index (χ0n) is 11.0. The highest BCUT2D eigenvalue weighted by Gasteiger charge is 2.10. The van der Waals surface area contributed by atoms with E-state index in [0.29, 0.717) is 0 Å². The molecule has 96 valence electrons. The van der Waals surface area contributed by atoms with Crippen LogP contribution < -0.4 is 0 Å². The van der Waals surface area contributed by atoms with Gasteiger partial charge in [0.15, 0.2) is 5.82 Å². The van der Waals surface area contributed by atoms with Gasteiger partial charge in [-0.2, -0.15) is 0 Å². The number of hydrogen-bond donors (Lipinski definition) is 0. The molecule has 0 unspecified atom stereocenters. The van der Waals surface area contributed by atoms with E-state index in [2.05, 4.69) is 9.97 Å². The highest BCUT2D eigenvalue weighted by atomic mass is 15.1. The lowest BCUT2D eigenvalue weighted by Gasteiger charge is -2.08. The van der Waals surface area contributed by atoms with Crippen LogP contribution in [0, 0.1) is 6.92 Å². The molecule has 2 heterocycles. The largest absolute Gasteiger partial charge is 0.281 e. The molecule has 4 rings (SSSR count). The molecule has 0 N–H and O–H groups in total. The number of benzene rings is 2. The van der Waals surface area contributed by atoms with Gasteiger partial charge in [-0.05, 0) is 31.2 Å². The monoisotopic (exact) mass is 260 g/mol. The van der Waals surface area contributed by atoms with E-state index in [-0.39, 0.29) is 0 Å². The van der Waals surface area contributed by atoms with E-state index in [1.165, 1.54) is 0 Å². The van der Waals surface area contributed by atoms with Gasteiger partial charge in [0.1, 0.15) is 6.33 Å². The predicted molar refractivity (Wildman–Crippen MR) is 78.9 cm³/mol. The third kappa shape index (κ3) is 1.58. The van der Waals surface area contributed by atoms with E-state index in [1.54, 1.807) is 6.33 Å². The topological polar surface area (TPSA) is 43.6 Å². The van der Waals surface area contributed by atoms with Crippen molar-refractivity contribution in [3.63, 3.8) is 0 Å². The summed E-state index contributed by atoms with van der Waals surface area (Å²) in [5.74, 6) is 0.831. The maximum absolute atomic E-state index is 4.73. The molecule has 20 heavy (non-hydrogen) atoms. The summed E-state index contributed by atoms with van der Waals surface area (Å²) < 4.78 is 1.99. The standard InChI is InChI=1S/C16H12N4/c1-11-16(19-13-7-3-2-6-12(13)18-11)20-10-17-14-8-4-5-9-15(14)20/h2-10H,1H3. The fraction of sp³-hybridized carbons (Fsp3) is 0.0625. The smallest absolute Gasteiger partial charge is 0.160 e. The Kier molecular flexibility index (Phi) is 2.29. The molecule has 0 saturated heterocycles. The number of para-hydroxylation sites is 4. The quantitative estimate of drug-likeness (QED) is 0.527. The number of rotatable bonds is 1. The lowest BCUT2D eigenvalue weighted by atomic mass is 10.3. The first-order valence-electron chi connectivity index (χ1n) is 6.49. The van der Waals surface area contributed by atoms with Crippen molar-refractivity contribution in [2.45, 2.75) is 6.92 Å². The first-order chi connectivity index (χ1) is 9.83. The number of aryl methyl sites for hydroxylation is 1. The number of hydrogen-bond acceptors (Lipinski definition) is 3. The van der Waals surface area contributed by atoms with E-state index in [0.717, 1.165) is 33.6 Å². The maximum Gasteiger partial charge on any atom is 0.160 e. The minimum atomic E-state index is 0.831. The number of fused-ring (bicyclic) bond motifs is 2. The third-order valence-corrected chi connectivity index (χ3v) is 3.40. The molecule has 4 nitrogen and oxygen atoms in total. The van der Waals surface area contributed by atoms with Gasteiger partial charge in [-0.1, -0.05) is 24.3 Å². The second kappa shape index (κ2) is 4.13. The van der Waals surface area contributed by atoms with Crippen molar-refractivity contribution in [1.82, 2.24) is 19.5 Å². The second-order valence-corrected chi connectivity index (χ2v) is 4.72. The molecule has 0 bridgehead atoms. The Bertz CT molecular complexity index is 924. The minimum Gasteiger partial charge on any atom is -0.281 e. The number of nitrogens with zero attached hydrogens (tertiary/aromatic N) is 4. The maximum atomic E-state index is 4.73. The van der Waals surface area contributed by atoms with E-state index in [1.807, 2.05) is 60.0 Å². The van der Waals surface area contributed by atoms with Gasteiger partial charge in [-0.15, -0.1) is 0 Å². The summed E-state index contributed by atoms with van der Waals surface area (Å²) in [6.45, 7) is 1.98. The summed E-state index contributed by atoms with van der Waals surface area (Å²) >= 11 is 0. The molecule has 4 aromatic rings.